The molecule has 0 amide bonds. The van der Waals surface area contributed by atoms with E-state index in [0.717, 1.165) is 16.8 Å². The molecule has 0 unspecified atom stereocenters. The lowest BCUT2D eigenvalue weighted by atomic mass is 10.2. The van der Waals surface area contributed by atoms with Crippen molar-refractivity contribution in [3.05, 3.63) is 66.4 Å². The molecule has 27 heavy (non-hydrogen) atoms. The van der Waals surface area contributed by atoms with Crippen molar-refractivity contribution < 1.29 is 4.74 Å². The molecule has 0 aliphatic rings. The van der Waals surface area contributed by atoms with E-state index in [0.29, 0.717) is 23.4 Å². The molecule has 2 aromatic carbocycles. The summed E-state index contributed by atoms with van der Waals surface area (Å²) in [5.41, 5.74) is 8.54. The lowest BCUT2D eigenvalue weighted by Gasteiger charge is -2.05. The van der Waals surface area contributed by atoms with Gasteiger partial charge in [0.1, 0.15) is 5.75 Å². The Balaban J connectivity index is 1.47. The number of nitrogens with zero attached hydrogens (tertiary/aromatic N) is 4. The van der Waals surface area contributed by atoms with Crippen LogP contribution in [0.15, 0.2) is 60.8 Å². The highest BCUT2D eigenvalue weighted by Gasteiger charge is 2.07. The molecule has 134 valence electrons. The summed E-state index contributed by atoms with van der Waals surface area (Å²) in [7, 11) is 0. The van der Waals surface area contributed by atoms with Crippen molar-refractivity contribution in [3.63, 3.8) is 0 Å². The van der Waals surface area contributed by atoms with Crippen molar-refractivity contribution >= 4 is 17.6 Å². The third kappa shape index (κ3) is 4.01. The van der Waals surface area contributed by atoms with Crippen LogP contribution < -0.4 is 15.8 Å². The maximum atomic E-state index is 5.66. The Kier molecular flexibility index (Phi) is 4.36. The van der Waals surface area contributed by atoms with Gasteiger partial charge in [-0.3, -0.25) is 5.10 Å². The van der Waals surface area contributed by atoms with Gasteiger partial charge in [-0.25, -0.2) is 4.98 Å². The quantitative estimate of drug-likeness (QED) is 0.498. The zero-order chi connectivity index (χ0) is 18.6. The van der Waals surface area contributed by atoms with Gasteiger partial charge >= 0.3 is 0 Å². The number of aromatic nitrogens is 5. The van der Waals surface area contributed by atoms with Gasteiger partial charge in [-0.15, -0.1) is 5.10 Å². The van der Waals surface area contributed by atoms with Gasteiger partial charge in [0.15, 0.2) is 5.82 Å². The molecule has 0 spiro atoms. The number of nitrogens with one attached hydrogen (secondary N) is 2. The Morgan fingerprint density at radius 1 is 1.04 bits per heavy atom. The van der Waals surface area contributed by atoms with Crippen LogP contribution in [-0.4, -0.2) is 25.1 Å². The SMILES string of the molecule is Cc1cccc(Nc2n[nH]c(-c3ccc(Oc4ccnc(N)n4)cc3)n2)c1. The fraction of sp³-hybridized carbons (Fsp3) is 0.0526. The summed E-state index contributed by atoms with van der Waals surface area (Å²) in [6, 6.07) is 17.1. The van der Waals surface area contributed by atoms with Crippen molar-refractivity contribution in [1.82, 2.24) is 25.1 Å². The second-order valence-corrected chi connectivity index (χ2v) is 5.88. The minimum Gasteiger partial charge on any atom is -0.439 e. The molecule has 0 bridgehead atoms. The zero-order valence-electron chi connectivity index (χ0n) is 14.5. The van der Waals surface area contributed by atoms with E-state index in [4.69, 9.17) is 10.5 Å². The minimum atomic E-state index is 0.166. The molecule has 0 saturated carbocycles. The van der Waals surface area contributed by atoms with E-state index in [1.807, 2.05) is 55.5 Å². The lowest BCUT2D eigenvalue weighted by Crippen LogP contribution is -1.95. The number of aryl methyl sites for hydroxylation is 1. The molecule has 2 aromatic heterocycles. The average molecular weight is 359 g/mol. The molecule has 2 heterocycles. The number of hydrogen-bond acceptors (Lipinski definition) is 7. The minimum absolute atomic E-state index is 0.166. The summed E-state index contributed by atoms with van der Waals surface area (Å²) in [6.45, 7) is 2.04. The Morgan fingerprint density at radius 3 is 2.67 bits per heavy atom. The Morgan fingerprint density at radius 2 is 1.89 bits per heavy atom. The van der Waals surface area contributed by atoms with Crippen LogP contribution in [0.3, 0.4) is 0 Å². The molecule has 8 heteroatoms. The van der Waals surface area contributed by atoms with Crippen LogP contribution in [0, 0.1) is 6.92 Å². The lowest BCUT2D eigenvalue weighted by molar-refractivity contribution is 0.462. The first-order valence-corrected chi connectivity index (χ1v) is 8.29. The van der Waals surface area contributed by atoms with Crippen LogP contribution >= 0.6 is 0 Å². The maximum Gasteiger partial charge on any atom is 0.246 e. The molecule has 0 fully saturated rings. The van der Waals surface area contributed by atoms with Gasteiger partial charge in [-0.1, -0.05) is 12.1 Å². The van der Waals surface area contributed by atoms with Crippen LogP contribution in [0.5, 0.6) is 11.6 Å². The summed E-state index contributed by atoms with van der Waals surface area (Å²) >= 11 is 0. The number of aromatic amines is 1. The van der Waals surface area contributed by atoms with Gasteiger partial charge in [0.05, 0.1) is 0 Å². The second kappa shape index (κ2) is 7.12. The van der Waals surface area contributed by atoms with Crippen molar-refractivity contribution in [3.8, 4) is 23.0 Å². The molecule has 0 aliphatic heterocycles. The van der Waals surface area contributed by atoms with Crippen molar-refractivity contribution in [2.24, 2.45) is 0 Å². The number of H-pyrrole nitrogens is 1. The average Bonchev–Trinajstić information content (AvgIpc) is 3.11. The molecule has 4 aromatic rings. The Bertz CT molecular complexity index is 1060. The maximum absolute atomic E-state index is 5.66. The van der Waals surface area contributed by atoms with Crippen molar-refractivity contribution in [2.45, 2.75) is 6.92 Å². The van der Waals surface area contributed by atoms with E-state index in [-0.39, 0.29) is 5.95 Å². The number of rotatable bonds is 5. The molecule has 4 N–H and O–H groups in total. The van der Waals surface area contributed by atoms with Gasteiger partial charge in [0.2, 0.25) is 17.8 Å². The Labute approximate surface area is 155 Å². The van der Waals surface area contributed by atoms with Crippen LogP contribution in [0.4, 0.5) is 17.6 Å². The largest absolute Gasteiger partial charge is 0.439 e. The molecule has 0 aliphatic carbocycles. The summed E-state index contributed by atoms with van der Waals surface area (Å²) in [4.78, 5) is 12.3. The fourth-order valence-electron chi connectivity index (χ4n) is 2.51. The number of nitrogen functional groups attached to an aromatic ring is 1. The zero-order valence-corrected chi connectivity index (χ0v) is 14.5. The monoisotopic (exact) mass is 359 g/mol. The van der Waals surface area contributed by atoms with Gasteiger partial charge in [0, 0.05) is 23.5 Å². The standard InChI is InChI=1S/C19H17N7O/c1-12-3-2-4-14(11-12)22-19-24-17(25-26-19)13-5-7-15(8-6-13)27-16-9-10-21-18(20)23-16/h2-11H,1H3,(H2,20,21,23)(H2,22,24,25,26). The van der Waals surface area contributed by atoms with Crippen LogP contribution in [0.25, 0.3) is 11.4 Å². The predicted molar refractivity (Wildman–Crippen MR) is 103 cm³/mol. The van der Waals surface area contributed by atoms with Crippen molar-refractivity contribution in [1.29, 1.82) is 0 Å². The van der Waals surface area contributed by atoms with Crippen LogP contribution in [0.1, 0.15) is 5.56 Å². The third-order valence-corrected chi connectivity index (χ3v) is 3.76. The number of nitrogens with two attached hydrogens (primary N) is 1. The second-order valence-electron chi connectivity index (χ2n) is 5.88. The molecular formula is C19H17N7O. The third-order valence-electron chi connectivity index (χ3n) is 3.76. The summed E-state index contributed by atoms with van der Waals surface area (Å²) in [5, 5.41) is 10.3. The number of ether oxygens (including phenoxy) is 1. The van der Waals surface area contributed by atoms with E-state index < -0.39 is 0 Å². The van der Waals surface area contributed by atoms with Crippen molar-refractivity contribution in [2.75, 3.05) is 11.1 Å². The summed E-state index contributed by atoms with van der Waals surface area (Å²) < 4.78 is 5.66. The molecule has 0 radical (unpaired) electrons. The van der Waals surface area contributed by atoms with Gasteiger partial charge in [-0.2, -0.15) is 9.97 Å². The van der Waals surface area contributed by atoms with Gasteiger partial charge < -0.3 is 15.8 Å². The molecule has 0 atom stereocenters. The van der Waals surface area contributed by atoms with E-state index in [2.05, 4.69) is 30.5 Å². The highest BCUT2D eigenvalue weighted by Crippen LogP contribution is 2.24. The molecule has 4 rings (SSSR count). The van der Waals surface area contributed by atoms with Gasteiger partial charge in [0.25, 0.3) is 0 Å². The fourth-order valence-corrected chi connectivity index (χ4v) is 2.51. The van der Waals surface area contributed by atoms with E-state index >= 15 is 0 Å². The first-order valence-electron chi connectivity index (χ1n) is 8.29. The smallest absolute Gasteiger partial charge is 0.246 e. The number of benzene rings is 2. The number of anilines is 3. The summed E-state index contributed by atoms with van der Waals surface area (Å²) in [5.74, 6) is 2.35. The van der Waals surface area contributed by atoms with E-state index in [1.54, 1.807) is 12.3 Å². The van der Waals surface area contributed by atoms with E-state index in [9.17, 15) is 0 Å². The Hall–Kier alpha value is -3.94. The normalized spacial score (nSPS) is 10.6. The molecule has 8 nitrogen and oxygen atoms in total. The topological polar surface area (TPSA) is 115 Å². The van der Waals surface area contributed by atoms with E-state index in [1.165, 1.54) is 0 Å². The first-order chi connectivity index (χ1) is 13.2. The predicted octanol–water partition coefficient (Wildman–Crippen LogP) is 3.69. The molecule has 0 saturated heterocycles. The number of hydrogen-bond donors (Lipinski definition) is 3. The highest BCUT2D eigenvalue weighted by atomic mass is 16.5. The summed E-state index contributed by atoms with van der Waals surface area (Å²) in [6.07, 6.45) is 1.54. The highest BCUT2D eigenvalue weighted by molar-refractivity contribution is 5.60. The van der Waals surface area contributed by atoms with Gasteiger partial charge in [-0.05, 0) is 48.9 Å². The first kappa shape index (κ1) is 16.5. The molecular weight excluding hydrogens is 342 g/mol. The van der Waals surface area contributed by atoms with Crippen LogP contribution in [0.2, 0.25) is 0 Å². The van der Waals surface area contributed by atoms with Crippen LogP contribution in [-0.2, 0) is 0 Å².